The van der Waals surface area contributed by atoms with Gasteiger partial charge in [0.2, 0.25) is 5.91 Å². The third-order valence-corrected chi connectivity index (χ3v) is 1.80. The maximum absolute atomic E-state index is 11.2. The highest BCUT2D eigenvalue weighted by Gasteiger charge is 2.12. The van der Waals surface area contributed by atoms with Gasteiger partial charge in [-0.15, -0.1) is 0 Å². The first kappa shape index (κ1) is 12.4. The van der Waals surface area contributed by atoms with Crippen molar-refractivity contribution in [1.82, 2.24) is 4.90 Å². The van der Waals surface area contributed by atoms with Gasteiger partial charge in [0.1, 0.15) is 6.54 Å². The molecule has 76 valence electrons. The third-order valence-electron chi connectivity index (χ3n) is 1.41. The van der Waals surface area contributed by atoms with Crippen LogP contribution in [0.4, 0.5) is 0 Å². The van der Waals surface area contributed by atoms with Gasteiger partial charge in [0.05, 0.1) is 6.61 Å². The Kier molecular flexibility index (Phi) is 6.58. The van der Waals surface area contributed by atoms with Crippen LogP contribution in [0.15, 0.2) is 0 Å². The summed E-state index contributed by atoms with van der Waals surface area (Å²) in [5.74, 6) is -0.433. The highest BCUT2D eigenvalue weighted by atomic mass is 79.9. The Labute approximate surface area is 86.4 Å². The van der Waals surface area contributed by atoms with Gasteiger partial charge in [-0.2, -0.15) is 0 Å². The molecule has 0 heterocycles. The molecule has 0 aromatic rings. The molecular weight excluding hydrogens is 238 g/mol. The van der Waals surface area contributed by atoms with Crippen LogP contribution in [0.25, 0.3) is 0 Å². The molecule has 0 fully saturated rings. The van der Waals surface area contributed by atoms with E-state index in [0.29, 0.717) is 18.4 Å². The van der Waals surface area contributed by atoms with Crippen molar-refractivity contribution < 1.29 is 14.3 Å². The molecule has 0 spiro atoms. The van der Waals surface area contributed by atoms with E-state index in [2.05, 4.69) is 15.9 Å². The van der Waals surface area contributed by atoms with Crippen molar-refractivity contribution in [3.05, 3.63) is 0 Å². The number of amides is 1. The molecule has 0 atom stereocenters. The van der Waals surface area contributed by atoms with Crippen molar-refractivity contribution in [1.29, 1.82) is 0 Å². The molecule has 0 aliphatic heterocycles. The smallest absolute Gasteiger partial charge is 0.325 e. The summed E-state index contributed by atoms with van der Waals surface area (Å²) >= 11 is 3.15. The molecular formula is C8H14BrNO3. The maximum Gasteiger partial charge on any atom is 0.325 e. The van der Waals surface area contributed by atoms with E-state index < -0.39 is 0 Å². The summed E-state index contributed by atoms with van der Waals surface area (Å²) < 4.78 is 4.70. The molecule has 0 saturated heterocycles. The zero-order chi connectivity index (χ0) is 10.3. The molecule has 0 aromatic carbocycles. The Hall–Kier alpha value is -0.580. The minimum atomic E-state index is -0.368. The van der Waals surface area contributed by atoms with Crippen LogP contribution in [0, 0.1) is 0 Å². The molecule has 0 aliphatic carbocycles. The third kappa shape index (κ3) is 5.63. The molecule has 0 aromatic heterocycles. The lowest BCUT2D eigenvalue weighted by molar-refractivity contribution is -0.148. The van der Waals surface area contributed by atoms with E-state index in [4.69, 9.17) is 4.74 Å². The summed E-state index contributed by atoms with van der Waals surface area (Å²) in [6, 6.07) is 0. The number of carbonyl (C=O) groups is 2. The predicted octanol–water partition coefficient (Wildman–Crippen LogP) is 0.793. The van der Waals surface area contributed by atoms with Crippen LogP contribution in [0.1, 0.15) is 13.3 Å². The Bertz CT molecular complexity index is 184. The van der Waals surface area contributed by atoms with Gasteiger partial charge in [0.25, 0.3) is 0 Å². The van der Waals surface area contributed by atoms with Gasteiger partial charge in [-0.3, -0.25) is 9.59 Å². The van der Waals surface area contributed by atoms with Gasteiger partial charge in [0, 0.05) is 18.8 Å². The Morgan fingerprint density at radius 3 is 2.54 bits per heavy atom. The van der Waals surface area contributed by atoms with Crippen LogP contribution in [0.2, 0.25) is 0 Å². The van der Waals surface area contributed by atoms with E-state index in [0.717, 1.165) is 0 Å². The molecule has 0 saturated carbocycles. The lowest BCUT2D eigenvalue weighted by Gasteiger charge is -2.14. The highest BCUT2D eigenvalue weighted by molar-refractivity contribution is 9.09. The molecule has 4 nitrogen and oxygen atoms in total. The van der Waals surface area contributed by atoms with E-state index in [1.807, 2.05) is 0 Å². The van der Waals surface area contributed by atoms with Gasteiger partial charge in [0.15, 0.2) is 0 Å². The van der Waals surface area contributed by atoms with Crippen molar-refractivity contribution >= 4 is 27.8 Å². The fraction of sp³-hybridized carbons (Fsp3) is 0.750. The summed E-state index contributed by atoms with van der Waals surface area (Å²) in [4.78, 5) is 23.5. The Balaban J connectivity index is 3.78. The topological polar surface area (TPSA) is 46.6 Å². The highest BCUT2D eigenvalue weighted by Crippen LogP contribution is 1.95. The fourth-order valence-electron chi connectivity index (χ4n) is 0.760. The first-order chi connectivity index (χ1) is 6.11. The summed E-state index contributed by atoms with van der Waals surface area (Å²) in [5.41, 5.74) is 0. The van der Waals surface area contributed by atoms with Gasteiger partial charge >= 0.3 is 5.97 Å². The Morgan fingerprint density at radius 2 is 2.08 bits per heavy atom. The number of nitrogens with zero attached hydrogens (tertiary/aromatic N) is 1. The standard InChI is InChI=1S/C8H14BrNO3/c1-3-13-8(12)6-10(2)7(11)4-5-9/h3-6H2,1-2H3. The number of halogens is 1. The zero-order valence-electron chi connectivity index (χ0n) is 7.88. The van der Waals surface area contributed by atoms with Crippen molar-refractivity contribution in [2.75, 3.05) is 25.5 Å². The van der Waals surface area contributed by atoms with E-state index in [1.54, 1.807) is 14.0 Å². The van der Waals surface area contributed by atoms with E-state index in [9.17, 15) is 9.59 Å². The molecule has 0 aliphatic rings. The second-order valence-electron chi connectivity index (χ2n) is 2.49. The minimum absolute atomic E-state index is 0.0275. The van der Waals surface area contributed by atoms with Gasteiger partial charge in [-0.05, 0) is 6.92 Å². The summed E-state index contributed by atoms with van der Waals surface area (Å²) in [6.07, 6.45) is 0.399. The van der Waals surface area contributed by atoms with Gasteiger partial charge in [-0.25, -0.2) is 0 Å². The molecule has 0 radical (unpaired) electrons. The first-order valence-corrected chi connectivity index (χ1v) is 5.19. The van der Waals surface area contributed by atoms with Gasteiger partial charge < -0.3 is 9.64 Å². The van der Waals surface area contributed by atoms with Crippen molar-refractivity contribution in [2.24, 2.45) is 0 Å². The minimum Gasteiger partial charge on any atom is -0.465 e. The lowest BCUT2D eigenvalue weighted by atomic mass is 10.4. The van der Waals surface area contributed by atoms with E-state index >= 15 is 0 Å². The number of alkyl halides is 1. The Morgan fingerprint density at radius 1 is 1.46 bits per heavy atom. The van der Waals surface area contributed by atoms with Crippen molar-refractivity contribution in [2.45, 2.75) is 13.3 Å². The number of carbonyl (C=O) groups excluding carboxylic acids is 2. The summed E-state index contributed by atoms with van der Waals surface area (Å²) in [6.45, 7) is 2.11. The fourth-order valence-corrected chi connectivity index (χ4v) is 1.10. The average molecular weight is 252 g/mol. The van der Waals surface area contributed by atoms with E-state index in [1.165, 1.54) is 4.90 Å². The summed E-state index contributed by atoms with van der Waals surface area (Å²) in [7, 11) is 1.59. The largest absolute Gasteiger partial charge is 0.465 e. The lowest BCUT2D eigenvalue weighted by Crippen LogP contribution is -2.33. The van der Waals surface area contributed by atoms with E-state index in [-0.39, 0.29) is 18.4 Å². The average Bonchev–Trinajstić information content (AvgIpc) is 2.05. The zero-order valence-corrected chi connectivity index (χ0v) is 9.46. The van der Waals surface area contributed by atoms with Gasteiger partial charge in [-0.1, -0.05) is 15.9 Å². The summed E-state index contributed by atoms with van der Waals surface area (Å²) in [5, 5.41) is 0.610. The van der Waals surface area contributed by atoms with Crippen LogP contribution in [-0.4, -0.2) is 42.3 Å². The molecule has 1 amide bonds. The van der Waals surface area contributed by atoms with Crippen LogP contribution >= 0.6 is 15.9 Å². The maximum atomic E-state index is 11.2. The van der Waals surface area contributed by atoms with Crippen LogP contribution in [0.5, 0.6) is 0 Å². The monoisotopic (exact) mass is 251 g/mol. The molecule has 0 bridgehead atoms. The van der Waals surface area contributed by atoms with Crippen molar-refractivity contribution in [3.8, 4) is 0 Å². The quantitative estimate of drug-likeness (QED) is 0.537. The normalized spacial score (nSPS) is 9.46. The molecule has 5 heteroatoms. The number of likely N-dealkylation sites (N-methyl/N-ethyl adjacent to an activating group) is 1. The second kappa shape index (κ2) is 6.88. The number of ether oxygens (including phenoxy) is 1. The van der Waals surface area contributed by atoms with Crippen LogP contribution < -0.4 is 0 Å². The number of hydrogen-bond donors (Lipinski definition) is 0. The second-order valence-corrected chi connectivity index (χ2v) is 3.29. The SMILES string of the molecule is CCOC(=O)CN(C)C(=O)CCBr. The molecule has 0 rings (SSSR count). The molecule has 13 heavy (non-hydrogen) atoms. The number of esters is 1. The first-order valence-electron chi connectivity index (χ1n) is 4.07. The number of rotatable bonds is 5. The molecule has 0 unspecified atom stereocenters. The van der Waals surface area contributed by atoms with Crippen LogP contribution in [-0.2, 0) is 14.3 Å². The number of hydrogen-bond acceptors (Lipinski definition) is 3. The molecule has 0 N–H and O–H groups in total. The van der Waals surface area contributed by atoms with Crippen LogP contribution in [0.3, 0.4) is 0 Å². The predicted molar refractivity (Wildman–Crippen MR) is 52.7 cm³/mol. The van der Waals surface area contributed by atoms with Crippen molar-refractivity contribution in [3.63, 3.8) is 0 Å².